The maximum absolute atomic E-state index is 11.7. The van der Waals surface area contributed by atoms with E-state index in [0.717, 1.165) is 30.7 Å². The van der Waals surface area contributed by atoms with Gasteiger partial charge in [0.15, 0.2) is 0 Å². The number of hydrogen-bond acceptors (Lipinski definition) is 5. The molecule has 90 valence electrons. The molecule has 0 bridgehead atoms. The summed E-state index contributed by atoms with van der Waals surface area (Å²) in [6.07, 6.45) is 3.39. The van der Waals surface area contributed by atoms with Crippen LogP contribution in [-0.4, -0.2) is 21.6 Å². The van der Waals surface area contributed by atoms with E-state index in [9.17, 15) is 4.79 Å². The zero-order valence-electron chi connectivity index (χ0n) is 9.02. The van der Waals surface area contributed by atoms with Crippen molar-refractivity contribution in [3.63, 3.8) is 0 Å². The highest BCUT2D eigenvalue weighted by molar-refractivity contribution is 7.15. The van der Waals surface area contributed by atoms with E-state index in [0.29, 0.717) is 5.13 Å². The molecule has 3 N–H and O–H groups in total. The first-order valence-electron chi connectivity index (χ1n) is 5.07. The van der Waals surface area contributed by atoms with E-state index < -0.39 is 5.54 Å². The van der Waals surface area contributed by atoms with Crippen LogP contribution in [0.4, 0.5) is 5.13 Å². The first-order valence-corrected chi connectivity index (χ1v) is 5.88. The number of nitrogens with one attached hydrogen (secondary N) is 1. The lowest BCUT2D eigenvalue weighted by Gasteiger charge is -2.35. The van der Waals surface area contributed by atoms with Crippen molar-refractivity contribution in [2.75, 3.05) is 5.32 Å². The monoisotopic (exact) mass is 262 g/mol. The van der Waals surface area contributed by atoms with Crippen molar-refractivity contribution in [2.24, 2.45) is 5.73 Å². The number of rotatable bonds is 3. The summed E-state index contributed by atoms with van der Waals surface area (Å²) >= 11 is 1.40. The van der Waals surface area contributed by atoms with Crippen molar-refractivity contribution >= 4 is 34.8 Å². The Balaban J connectivity index is 0.00000128. The lowest BCUT2D eigenvalue weighted by molar-refractivity contribution is -0.123. The number of amides is 1. The fraction of sp³-hybridized carbons (Fsp3) is 0.667. The number of carbonyl (C=O) groups is 1. The van der Waals surface area contributed by atoms with Crippen LogP contribution in [0.1, 0.15) is 31.2 Å². The van der Waals surface area contributed by atoms with Gasteiger partial charge >= 0.3 is 0 Å². The molecule has 0 spiro atoms. The van der Waals surface area contributed by atoms with Gasteiger partial charge in [0.25, 0.3) is 0 Å². The van der Waals surface area contributed by atoms with Gasteiger partial charge in [-0.25, -0.2) is 0 Å². The molecule has 5 nitrogen and oxygen atoms in total. The maximum atomic E-state index is 11.7. The van der Waals surface area contributed by atoms with Crippen LogP contribution < -0.4 is 11.1 Å². The normalized spacial score (nSPS) is 17.1. The maximum Gasteiger partial charge on any atom is 0.246 e. The largest absolute Gasteiger partial charge is 0.317 e. The van der Waals surface area contributed by atoms with Gasteiger partial charge in [-0.2, -0.15) is 0 Å². The Hall–Kier alpha value is -0.720. The fourth-order valence-electron chi connectivity index (χ4n) is 1.45. The van der Waals surface area contributed by atoms with E-state index >= 15 is 0 Å². The van der Waals surface area contributed by atoms with Gasteiger partial charge in [-0.05, 0) is 25.7 Å². The third kappa shape index (κ3) is 2.50. The molecule has 2 rings (SSSR count). The van der Waals surface area contributed by atoms with Gasteiger partial charge < -0.3 is 5.73 Å². The lowest BCUT2D eigenvalue weighted by atomic mass is 9.77. The van der Waals surface area contributed by atoms with Crippen LogP contribution >= 0.6 is 23.7 Å². The smallest absolute Gasteiger partial charge is 0.246 e. The molecule has 0 aliphatic heterocycles. The minimum atomic E-state index is -0.669. The molecule has 16 heavy (non-hydrogen) atoms. The third-order valence-electron chi connectivity index (χ3n) is 2.69. The van der Waals surface area contributed by atoms with Crippen molar-refractivity contribution in [2.45, 2.75) is 38.1 Å². The highest BCUT2D eigenvalue weighted by atomic mass is 35.5. The molecule has 1 fully saturated rings. The Morgan fingerprint density at radius 3 is 2.69 bits per heavy atom. The van der Waals surface area contributed by atoms with Crippen molar-refractivity contribution < 1.29 is 4.79 Å². The second kappa shape index (κ2) is 5.07. The number of aryl methyl sites for hydroxylation is 1. The molecule has 7 heteroatoms. The molecule has 1 aliphatic carbocycles. The van der Waals surface area contributed by atoms with Gasteiger partial charge in [-0.1, -0.05) is 18.3 Å². The number of nitrogens with two attached hydrogens (primary N) is 1. The van der Waals surface area contributed by atoms with Crippen LogP contribution in [0, 0.1) is 0 Å². The first-order chi connectivity index (χ1) is 7.14. The van der Waals surface area contributed by atoms with E-state index in [-0.39, 0.29) is 18.3 Å². The molecule has 1 aromatic heterocycles. The summed E-state index contributed by atoms with van der Waals surface area (Å²) in [4.78, 5) is 11.7. The summed E-state index contributed by atoms with van der Waals surface area (Å²) in [7, 11) is 0. The number of nitrogens with zero attached hydrogens (tertiary/aromatic N) is 2. The zero-order chi connectivity index (χ0) is 10.9. The van der Waals surface area contributed by atoms with Gasteiger partial charge in [-0.15, -0.1) is 22.6 Å². The summed E-state index contributed by atoms with van der Waals surface area (Å²) in [5, 5.41) is 12.0. The second-order valence-corrected chi connectivity index (χ2v) is 4.88. The molecule has 1 heterocycles. The SMILES string of the molecule is CCc1nnc(NC(=O)C2(N)CCC2)s1.Cl. The standard InChI is InChI=1S/C9H14N4OS.ClH/c1-2-6-12-13-8(15-6)11-7(14)9(10)4-3-5-9;/h2-5,10H2,1H3,(H,11,13,14);1H. The average Bonchev–Trinajstić information content (AvgIpc) is 2.61. The fourth-order valence-corrected chi connectivity index (χ4v) is 2.13. The van der Waals surface area contributed by atoms with Crippen LogP contribution in [0.15, 0.2) is 0 Å². The molecule has 0 saturated heterocycles. The minimum Gasteiger partial charge on any atom is -0.317 e. The van der Waals surface area contributed by atoms with Crippen LogP contribution in [0.2, 0.25) is 0 Å². The van der Waals surface area contributed by atoms with Gasteiger partial charge in [0, 0.05) is 0 Å². The van der Waals surface area contributed by atoms with E-state index in [1.165, 1.54) is 11.3 Å². The van der Waals surface area contributed by atoms with Crippen molar-refractivity contribution in [3.05, 3.63) is 5.01 Å². The molecule has 1 aliphatic rings. The average molecular weight is 263 g/mol. The first kappa shape index (κ1) is 13.3. The molecular weight excluding hydrogens is 248 g/mol. The zero-order valence-corrected chi connectivity index (χ0v) is 10.7. The van der Waals surface area contributed by atoms with E-state index in [1.807, 2.05) is 6.92 Å². The van der Waals surface area contributed by atoms with Crippen molar-refractivity contribution in [1.29, 1.82) is 0 Å². The van der Waals surface area contributed by atoms with Crippen LogP contribution in [0.5, 0.6) is 0 Å². The summed E-state index contributed by atoms with van der Waals surface area (Å²) in [5.41, 5.74) is 5.21. The van der Waals surface area contributed by atoms with Gasteiger partial charge in [0.05, 0.1) is 5.54 Å². The van der Waals surface area contributed by atoms with Gasteiger partial charge in [-0.3, -0.25) is 10.1 Å². The predicted molar refractivity (Wildman–Crippen MR) is 65.9 cm³/mol. The molecule has 0 atom stereocenters. The highest BCUT2D eigenvalue weighted by Crippen LogP contribution is 2.30. The number of aromatic nitrogens is 2. The molecule has 1 saturated carbocycles. The Bertz CT molecular complexity index is 377. The Labute approximate surface area is 104 Å². The Morgan fingerprint density at radius 2 is 2.25 bits per heavy atom. The summed E-state index contributed by atoms with van der Waals surface area (Å²) < 4.78 is 0. The molecule has 1 amide bonds. The van der Waals surface area contributed by atoms with E-state index in [2.05, 4.69) is 15.5 Å². The summed E-state index contributed by atoms with van der Waals surface area (Å²) in [6, 6.07) is 0. The summed E-state index contributed by atoms with van der Waals surface area (Å²) in [5.74, 6) is -0.132. The molecule has 1 aromatic rings. The van der Waals surface area contributed by atoms with Gasteiger partial charge in [0.2, 0.25) is 11.0 Å². The topological polar surface area (TPSA) is 80.9 Å². The number of carbonyl (C=O) groups excluding carboxylic acids is 1. The minimum absolute atomic E-state index is 0. The summed E-state index contributed by atoms with van der Waals surface area (Å²) in [6.45, 7) is 2.00. The van der Waals surface area contributed by atoms with E-state index in [4.69, 9.17) is 5.73 Å². The number of hydrogen-bond donors (Lipinski definition) is 2. The van der Waals surface area contributed by atoms with Gasteiger partial charge in [0.1, 0.15) is 5.01 Å². The predicted octanol–water partition coefficient (Wildman–Crippen LogP) is 1.34. The quantitative estimate of drug-likeness (QED) is 0.861. The highest BCUT2D eigenvalue weighted by Gasteiger charge is 2.40. The molecular formula is C9H15ClN4OS. The third-order valence-corrected chi connectivity index (χ3v) is 3.67. The molecule has 0 unspecified atom stereocenters. The Kier molecular flexibility index (Phi) is 4.23. The second-order valence-electron chi connectivity index (χ2n) is 3.82. The number of halogens is 1. The van der Waals surface area contributed by atoms with Crippen molar-refractivity contribution in [1.82, 2.24) is 10.2 Å². The lowest BCUT2D eigenvalue weighted by Crippen LogP contribution is -2.56. The van der Waals surface area contributed by atoms with Crippen LogP contribution in [0.25, 0.3) is 0 Å². The molecule has 0 aromatic carbocycles. The van der Waals surface area contributed by atoms with Crippen molar-refractivity contribution in [3.8, 4) is 0 Å². The van der Waals surface area contributed by atoms with E-state index in [1.54, 1.807) is 0 Å². The number of anilines is 1. The van der Waals surface area contributed by atoms with Crippen LogP contribution in [-0.2, 0) is 11.2 Å². The molecule has 0 radical (unpaired) electrons. The Morgan fingerprint density at radius 1 is 1.56 bits per heavy atom. The van der Waals surface area contributed by atoms with Crippen LogP contribution in [0.3, 0.4) is 0 Å².